The number of aliphatic carboxylic acids is 2. The van der Waals surface area contributed by atoms with Crippen molar-refractivity contribution in [3.05, 3.63) is 30.3 Å². The fourth-order valence-electron chi connectivity index (χ4n) is 2.86. The third-order valence-corrected chi connectivity index (χ3v) is 6.21. The number of piperazine rings is 1. The van der Waals surface area contributed by atoms with E-state index < -0.39 is 22.0 Å². The van der Waals surface area contributed by atoms with Crippen LogP contribution < -0.4 is 0 Å². The second-order valence-corrected chi connectivity index (χ2v) is 7.77. The fraction of sp³-hybridized carbons (Fsp3) is 0.529. The van der Waals surface area contributed by atoms with Gasteiger partial charge in [0.05, 0.1) is 4.90 Å². The first-order valence-electron chi connectivity index (χ1n) is 8.49. The highest BCUT2D eigenvalue weighted by Gasteiger charge is 2.29. The molecule has 8 nitrogen and oxygen atoms in total. The van der Waals surface area contributed by atoms with Crippen molar-refractivity contribution < 1.29 is 28.2 Å². The summed E-state index contributed by atoms with van der Waals surface area (Å²) in [6.07, 6.45) is 2.25. The molecule has 26 heavy (non-hydrogen) atoms. The van der Waals surface area contributed by atoms with E-state index in [4.69, 9.17) is 19.8 Å². The molecule has 2 N–H and O–H groups in total. The average Bonchev–Trinajstić information content (AvgIpc) is 2.64. The molecule has 0 saturated carbocycles. The van der Waals surface area contributed by atoms with E-state index in [9.17, 15) is 8.42 Å². The molecule has 1 aliphatic rings. The summed E-state index contributed by atoms with van der Waals surface area (Å²) in [5.41, 5.74) is 0. The zero-order valence-electron chi connectivity index (χ0n) is 15.0. The van der Waals surface area contributed by atoms with Gasteiger partial charge in [-0.05, 0) is 25.0 Å². The van der Waals surface area contributed by atoms with Crippen molar-refractivity contribution in [2.75, 3.05) is 26.2 Å². The van der Waals surface area contributed by atoms with Crippen LogP contribution in [0.2, 0.25) is 0 Å². The first-order valence-corrected chi connectivity index (χ1v) is 9.93. The minimum Gasteiger partial charge on any atom is -0.473 e. The summed E-state index contributed by atoms with van der Waals surface area (Å²) >= 11 is 0. The summed E-state index contributed by atoms with van der Waals surface area (Å²) in [6.45, 7) is 7.24. The van der Waals surface area contributed by atoms with Crippen molar-refractivity contribution in [1.82, 2.24) is 9.21 Å². The summed E-state index contributed by atoms with van der Waals surface area (Å²) in [5, 5.41) is 14.8. The maximum absolute atomic E-state index is 12.5. The van der Waals surface area contributed by atoms with Crippen LogP contribution in [0, 0.1) is 0 Å². The van der Waals surface area contributed by atoms with Gasteiger partial charge >= 0.3 is 11.9 Å². The summed E-state index contributed by atoms with van der Waals surface area (Å²) < 4.78 is 26.6. The molecule has 1 aromatic carbocycles. The standard InChI is InChI=1S/C15H24N2O2S.C2H2O4/c1-3-14(4-2)16-10-12-17(13-11-16)20(18,19)15-8-6-5-7-9-15;3-1(4)2(5)6/h5-9,14H,3-4,10-13H2,1-2H3;(H,3,4)(H,5,6). The van der Waals surface area contributed by atoms with Gasteiger partial charge < -0.3 is 10.2 Å². The molecule has 9 heteroatoms. The molecule has 2 rings (SSSR count). The zero-order valence-corrected chi connectivity index (χ0v) is 15.9. The lowest BCUT2D eigenvalue weighted by Gasteiger charge is -2.38. The van der Waals surface area contributed by atoms with Crippen LogP contribution in [0.15, 0.2) is 35.2 Å². The smallest absolute Gasteiger partial charge is 0.414 e. The molecule has 1 fully saturated rings. The minimum absolute atomic E-state index is 0.399. The van der Waals surface area contributed by atoms with Gasteiger partial charge in [0.1, 0.15) is 0 Å². The third kappa shape index (κ3) is 6.08. The first-order chi connectivity index (χ1) is 12.2. The predicted octanol–water partition coefficient (Wildman–Crippen LogP) is 1.34. The van der Waals surface area contributed by atoms with E-state index in [1.807, 2.05) is 6.07 Å². The van der Waals surface area contributed by atoms with Gasteiger partial charge in [0.25, 0.3) is 0 Å². The van der Waals surface area contributed by atoms with Gasteiger partial charge in [-0.1, -0.05) is 32.0 Å². The number of nitrogens with zero attached hydrogens (tertiary/aromatic N) is 2. The largest absolute Gasteiger partial charge is 0.473 e. The lowest BCUT2D eigenvalue weighted by molar-refractivity contribution is -0.159. The highest BCUT2D eigenvalue weighted by atomic mass is 32.2. The van der Waals surface area contributed by atoms with Crippen LogP contribution in [0.5, 0.6) is 0 Å². The van der Waals surface area contributed by atoms with E-state index in [-0.39, 0.29) is 0 Å². The normalized spacial score (nSPS) is 16.0. The lowest BCUT2D eigenvalue weighted by atomic mass is 10.1. The van der Waals surface area contributed by atoms with E-state index in [0.717, 1.165) is 25.9 Å². The summed E-state index contributed by atoms with van der Waals surface area (Å²) in [5.74, 6) is -3.65. The van der Waals surface area contributed by atoms with E-state index in [0.29, 0.717) is 24.0 Å². The number of rotatable bonds is 5. The molecular formula is C17H26N2O6S. The van der Waals surface area contributed by atoms with Crippen molar-refractivity contribution in [3.63, 3.8) is 0 Å². The second kappa shape index (κ2) is 10.2. The lowest BCUT2D eigenvalue weighted by Crippen LogP contribution is -2.51. The number of sulfonamides is 1. The molecule has 0 aromatic heterocycles. The topological polar surface area (TPSA) is 115 Å². The minimum atomic E-state index is -3.32. The van der Waals surface area contributed by atoms with E-state index in [1.54, 1.807) is 28.6 Å². The molecule has 0 radical (unpaired) electrons. The van der Waals surface area contributed by atoms with Crippen LogP contribution in [0.4, 0.5) is 0 Å². The van der Waals surface area contributed by atoms with Crippen molar-refractivity contribution in [1.29, 1.82) is 0 Å². The third-order valence-electron chi connectivity index (χ3n) is 4.30. The van der Waals surface area contributed by atoms with Crippen LogP contribution in [0.1, 0.15) is 26.7 Å². The Morgan fingerprint density at radius 3 is 1.81 bits per heavy atom. The maximum Gasteiger partial charge on any atom is 0.414 e. The zero-order chi connectivity index (χ0) is 19.7. The molecule has 0 unspecified atom stereocenters. The van der Waals surface area contributed by atoms with Gasteiger partial charge in [-0.3, -0.25) is 4.90 Å². The van der Waals surface area contributed by atoms with Gasteiger partial charge in [0, 0.05) is 32.2 Å². The molecule has 1 aliphatic heterocycles. The van der Waals surface area contributed by atoms with Crippen LogP contribution in [0.25, 0.3) is 0 Å². The number of carboxylic acids is 2. The van der Waals surface area contributed by atoms with Crippen LogP contribution >= 0.6 is 0 Å². The van der Waals surface area contributed by atoms with E-state index in [2.05, 4.69) is 18.7 Å². The molecule has 0 amide bonds. The molecule has 0 bridgehead atoms. The van der Waals surface area contributed by atoms with Crippen LogP contribution in [0.3, 0.4) is 0 Å². The number of hydrogen-bond acceptors (Lipinski definition) is 5. The fourth-order valence-corrected chi connectivity index (χ4v) is 4.30. The van der Waals surface area contributed by atoms with E-state index in [1.165, 1.54) is 0 Å². The number of hydrogen-bond donors (Lipinski definition) is 2. The monoisotopic (exact) mass is 386 g/mol. The van der Waals surface area contributed by atoms with Crippen molar-refractivity contribution in [2.45, 2.75) is 37.6 Å². The van der Waals surface area contributed by atoms with Gasteiger partial charge in [-0.15, -0.1) is 0 Å². The highest BCUT2D eigenvalue weighted by molar-refractivity contribution is 7.89. The molecular weight excluding hydrogens is 360 g/mol. The summed E-state index contributed by atoms with van der Waals surface area (Å²) in [7, 11) is -3.32. The molecule has 1 aromatic rings. The molecule has 0 spiro atoms. The number of carbonyl (C=O) groups is 2. The predicted molar refractivity (Wildman–Crippen MR) is 96.4 cm³/mol. The molecule has 146 valence electrons. The Bertz CT molecular complexity index is 668. The Labute approximate surface area is 154 Å². The molecule has 1 heterocycles. The first kappa shape index (κ1) is 22.1. The number of carboxylic acid groups (broad SMARTS) is 2. The van der Waals surface area contributed by atoms with Gasteiger partial charge in [0.2, 0.25) is 10.0 Å². The van der Waals surface area contributed by atoms with Gasteiger partial charge in [0.15, 0.2) is 0 Å². The highest BCUT2D eigenvalue weighted by Crippen LogP contribution is 2.19. The summed E-state index contributed by atoms with van der Waals surface area (Å²) in [6, 6.07) is 9.30. The quantitative estimate of drug-likeness (QED) is 0.734. The molecule has 0 aliphatic carbocycles. The van der Waals surface area contributed by atoms with Crippen molar-refractivity contribution >= 4 is 22.0 Å². The Kier molecular flexibility index (Phi) is 8.70. The second-order valence-electron chi connectivity index (χ2n) is 5.83. The SMILES string of the molecule is CCC(CC)N1CCN(S(=O)(=O)c2ccccc2)CC1.O=C(O)C(=O)O. The van der Waals surface area contributed by atoms with Gasteiger partial charge in [-0.25, -0.2) is 18.0 Å². The van der Waals surface area contributed by atoms with Crippen LogP contribution in [-0.2, 0) is 19.6 Å². The van der Waals surface area contributed by atoms with Gasteiger partial charge in [-0.2, -0.15) is 4.31 Å². The Balaban J connectivity index is 0.000000487. The van der Waals surface area contributed by atoms with Crippen molar-refractivity contribution in [3.8, 4) is 0 Å². The molecule has 0 atom stereocenters. The van der Waals surface area contributed by atoms with E-state index >= 15 is 0 Å². The summed E-state index contributed by atoms with van der Waals surface area (Å²) in [4.78, 5) is 21.0. The Hall–Kier alpha value is -1.97. The number of benzene rings is 1. The Morgan fingerprint density at radius 2 is 1.42 bits per heavy atom. The maximum atomic E-state index is 12.5. The van der Waals surface area contributed by atoms with Crippen LogP contribution in [-0.4, -0.2) is 72.0 Å². The van der Waals surface area contributed by atoms with Crippen molar-refractivity contribution in [2.24, 2.45) is 0 Å². The average molecular weight is 386 g/mol. The Morgan fingerprint density at radius 1 is 0.962 bits per heavy atom. The molecule has 1 saturated heterocycles.